The van der Waals surface area contributed by atoms with Gasteiger partial charge in [-0.25, -0.2) is 0 Å². The normalized spacial score (nSPS) is 12.1. The molecule has 0 bridgehead atoms. The van der Waals surface area contributed by atoms with Gasteiger partial charge >= 0.3 is 184 Å². The van der Waals surface area contributed by atoms with E-state index < -0.39 is 19.2 Å². The van der Waals surface area contributed by atoms with E-state index in [0.29, 0.717) is 11.8 Å². The number of hydrogen-bond donors (Lipinski definition) is 0. The van der Waals surface area contributed by atoms with Gasteiger partial charge in [-0.2, -0.15) is 0 Å². The van der Waals surface area contributed by atoms with Crippen molar-refractivity contribution in [1.29, 1.82) is 0 Å². The fourth-order valence-corrected chi connectivity index (χ4v) is 12.6. The monoisotopic (exact) mass is 504 g/mol. The summed E-state index contributed by atoms with van der Waals surface area (Å²) in [4.78, 5) is 0. The first kappa shape index (κ1) is 24.4. The van der Waals surface area contributed by atoms with E-state index in [1.807, 2.05) is 0 Å². The van der Waals surface area contributed by atoms with Crippen LogP contribution < -0.4 is 0 Å². The van der Waals surface area contributed by atoms with Crippen LogP contribution in [-0.2, 0) is 19.0 Å². The number of hydrogen-bond acceptors (Lipinski definition) is 2. The molecule has 2 aromatic carbocycles. The van der Waals surface area contributed by atoms with Gasteiger partial charge in [-0.1, -0.05) is 0 Å². The zero-order valence-corrected chi connectivity index (χ0v) is 21.8. The Morgan fingerprint density at radius 3 is 1.34 bits per heavy atom. The zero-order chi connectivity index (χ0) is 21.0. The van der Waals surface area contributed by atoms with E-state index in [1.165, 1.54) is 11.1 Å². The van der Waals surface area contributed by atoms with Gasteiger partial charge in [0.05, 0.1) is 0 Å². The van der Waals surface area contributed by atoms with Gasteiger partial charge in [-0.3, -0.25) is 0 Å². The molecule has 0 spiro atoms. The molecule has 0 amide bonds. The number of aryl methyl sites for hydroxylation is 2. The van der Waals surface area contributed by atoms with Crippen LogP contribution in [0.25, 0.3) is 0 Å². The van der Waals surface area contributed by atoms with Crippen molar-refractivity contribution in [3.05, 3.63) is 71.8 Å². The van der Waals surface area contributed by atoms with Crippen molar-refractivity contribution in [2.75, 3.05) is 13.2 Å². The minimum absolute atomic E-state index is 0.665. The Morgan fingerprint density at radius 2 is 1.00 bits per heavy atom. The molecule has 2 nitrogen and oxygen atoms in total. The summed E-state index contributed by atoms with van der Waals surface area (Å²) in [6, 6.07) is 21.6. The first-order valence-corrected chi connectivity index (χ1v) is 17.7. The van der Waals surface area contributed by atoms with Crippen molar-refractivity contribution in [2.24, 2.45) is 11.8 Å². The van der Waals surface area contributed by atoms with E-state index in [1.54, 1.807) is 0 Å². The molecule has 0 N–H and O–H groups in total. The van der Waals surface area contributed by atoms with Gasteiger partial charge in [-0.05, 0) is 0 Å². The molecule has 2 rings (SSSR count). The summed E-state index contributed by atoms with van der Waals surface area (Å²) in [7, 11) is 0. The third-order valence-corrected chi connectivity index (χ3v) is 15.3. The molecule has 0 aliphatic rings. The second-order valence-corrected chi connectivity index (χ2v) is 18.6. The van der Waals surface area contributed by atoms with Crippen molar-refractivity contribution in [1.82, 2.24) is 0 Å². The minimum atomic E-state index is -3.20. The number of rotatable bonds is 14. The Bertz CT molecular complexity index is 595. The fraction of sp³-hybridized carbons (Fsp3) is 0.538. The summed E-state index contributed by atoms with van der Waals surface area (Å²) < 4.78 is 15.7. The summed E-state index contributed by atoms with van der Waals surface area (Å²) in [6.07, 6.45) is 4.36. The quantitative estimate of drug-likeness (QED) is 0.258. The van der Waals surface area contributed by atoms with Crippen LogP contribution in [0.4, 0.5) is 0 Å². The van der Waals surface area contributed by atoms with Crippen molar-refractivity contribution in [3.63, 3.8) is 0 Å². The molecule has 0 saturated heterocycles. The average Bonchev–Trinajstić information content (AvgIpc) is 2.71. The SMILES string of the molecule is CC(C)CC[O][Sn]([CH2]Cc1ccccc1)([CH2]Cc1ccccc1)[O]CCC(C)C. The topological polar surface area (TPSA) is 18.5 Å². The van der Waals surface area contributed by atoms with Gasteiger partial charge in [0, 0.05) is 0 Å². The summed E-state index contributed by atoms with van der Waals surface area (Å²) in [6.45, 7) is 10.8. The summed E-state index contributed by atoms with van der Waals surface area (Å²) in [5, 5.41) is 0. The van der Waals surface area contributed by atoms with E-state index in [-0.39, 0.29) is 0 Å². The fourth-order valence-electron chi connectivity index (χ4n) is 3.38. The van der Waals surface area contributed by atoms with Gasteiger partial charge in [0.1, 0.15) is 0 Å². The molecule has 0 unspecified atom stereocenters. The van der Waals surface area contributed by atoms with Gasteiger partial charge in [0.25, 0.3) is 0 Å². The van der Waals surface area contributed by atoms with Crippen molar-refractivity contribution in [3.8, 4) is 0 Å². The molecular formula is C26H40O2Sn. The Morgan fingerprint density at radius 1 is 0.621 bits per heavy atom. The maximum atomic E-state index is 6.75. The van der Waals surface area contributed by atoms with Gasteiger partial charge < -0.3 is 0 Å². The van der Waals surface area contributed by atoms with Crippen LogP contribution in [0.1, 0.15) is 51.7 Å². The standard InChI is InChI=1S/2C8H9.2C5H11O.Sn/c2*1-2-8-6-4-3-5-7-8;2*1-5(2)3-4-6;/h2*3-7H,1-2H2;2*5H,3-4H2,1-2H3;/q;;2*-1;+2. The predicted octanol–water partition coefficient (Wildman–Crippen LogP) is 7.04. The molecule has 2 aromatic rings. The van der Waals surface area contributed by atoms with Crippen LogP contribution in [0.3, 0.4) is 0 Å². The first-order valence-electron chi connectivity index (χ1n) is 11.3. The summed E-state index contributed by atoms with van der Waals surface area (Å²) in [5.41, 5.74) is 2.79. The molecule has 0 radical (unpaired) electrons. The Labute approximate surface area is 184 Å². The van der Waals surface area contributed by atoms with Crippen molar-refractivity contribution < 1.29 is 6.15 Å². The van der Waals surface area contributed by atoms with Crippen molar-refractivity contribution >= 4 is 19.2 Å². The average molecular weight is 503 g/mol. The van der Waals surface area contributed by atoms with Crippen LogP contribution in [-0.4, -0.2) is 32.4 Å². The predicted molar refractivity (Wildman–Crippen MR) is 126 cm³/mol. The Hall–Kier alpha value is -0.841. The van der Waals surface area contributed by atoms with Crippen LogP contribution in [0.15, 0.2) is 60.7 Å². The molecule has 160 valence electrons. The second kappa shape index (κ2) is 13.5. The van der Waals surface area contributed by atoms with Crippen LogP contribution in [0.5, 0.6) is 0 Å². The molecule has 0 atom stereocenters. The van der Waals surface area contributed by atoms with Crippen LogP contribution >= 0.6 is 0 Å². The molecular weight excluding hydrogens is 463 g/mol. The summed E-state index contributed by atoms with van der Waals surface area (Å²) in [5.74, 6) is 1.33. The van der Waals surface area contributed by atoms with E-state index in [4.69, 9.17) is 6.15 Å². The third kappa shape index (κ3) is 10.1. The van der Waals surface area contributed by atoms with Gasteiger partial charge in [-0.15, -0.1) is 0 Å². The molecule has 0 heterocycles. The summed E-state index contributed by atoms with van der Waals surface area (Å²) >= 11 is -3.20. The molecule has 0 aromatic heterocycles. The Balaban J connectivity index is 2.12. The Kier molecular flexibility index (Phi) is 11.3. The molecule has 29 heavy (non-hydrogen) atoms. The second-order valence-electron chi connectivity index (χ2n) is 8.94. The van der Waals surface area contributed by atoms with Gasteiger partial charge in [0.2, 0.25) is 0 Å². The van der Waals surface area contributed by atoms with Crippen LogP contribution in [0.2, 0.25) is 8.87 Å². The van der Waals surface area contributed by atoms with E-state index in [9.17, 15) is 0 Å². The number of benzene rings is 2. The van der Waals surface area contributed by atoms with E-state index in [0.717, 1.165) is 47.8 Å². The first-order chi connectivity index (χ1) is 14.0. The molecule has 0 aliphatic carbocycles. The van der Waals surface area contributed by atoms with Crippen LogP contribution in [0, 0.1) is 11.8 Å². The molecule has 0 saturated carbocycles. The molecule has 0 aliphatic heterocycles. The van der Waals surface area contributed by atoms with E-state index >= 15 is 0 Å². The van der Waals surface area contributed by atoms with Gasteiger partial charge in [0.15, 0.2) is 0 Å². The maximum absolute atomic E-state index is 6.75. The zero-order valence-electron chi connectivity index (χ0n) is 18.9. The molecule has 0 fully saturated rings. The van der Waals surface area contributed by atoms with E-state index in [2.05, 4.69) is 88.4 Å². The van der Waals surface area contributed by atoms with Crippen molar-refractivity contribution in [2.45, 2.75) is 62.3 Å². The molecule has 3 heteroatoms. The third-order valence-electron chi connectivity index (χ3n) is 5.40.